The van der Waals surface area contributed by atoms with Gasteiger partial charge >= 0.3 is 12.1 Å². The van der Waals surface area contributed by atoms with Gasteiger partial charge in [0, 0.05) is 32.4 Å². The van der Waals surface area contributed by atoms with Gasteiger partial charge in [-0.15, -0.1) is 0 Å². The number of benzene rings is 2. The molecule has 0 N–H and O–H groups in total. The molecular formula is C35H46N2O7. The lowest BCUT2D eigenvalue weighted by molar-refractivity contribution is -0.156. The first-order valence-electron chi connectivity index (χ1n) is 15.4. The van der Waals surface area contributed by atoms with E-state index in [1.807, 2.05) is 67.6 Å². The number of hydrogen-bond acceptors (Lipinski definition) is 7. The Morgan fingerprint density at radius 3 is 2.11 bits per heavy atom. The standard InChI is InChI=1S/C35H46N2O7/c1-25-22-31(37(23-25)34(42)43-24-28-14-10-7-11-15-28)33(41)36(21-20-29(39)17-16-27-12-8-6-9-13-27)30(26(2)38)18-19-32(40)44-35(3,4)5/h6-15,25,30-31H,16-24H2,1-5H3/t25-,30-,31+/m1/s1. The van der Waals surface area contributed by atoms with Crippen LogP contribution in [-0.4, -0.2) is 70.1 Å². The van der Waals surface area contributed by atoms with E-state index in [0.717, 1.165) is 11.1 Å². The van der Waals surface area contributed by atoms with Crippen LogP contribution in [0, 0.1) is 5.92 Å². The molecule has 1 aliphatic heterocycles. The molecule has 0 aromatic heterocycles. The van der Waals surface area contributed by atoms with E-state index in [1.54, 1.807) is 20.8 Å². The normalized spacial score (nSPS) is 17.1. The number of carbonyl (C=O) groups excluding carboxylic acids is 5. The topological polar surface area (TPSA) is 110 Å². The zero-order chi connectivity index (χ0) is 32.3. The maximum Gasteiger partial charge on any atom is 0.410 e. The van der Waals surface area contributed by atoms with Gasteiger partial charge in [-0.3, -0.25) is 24.1 Å². The van der Waals surface area contributed by atoms with Crippen molar-refractivity contribution in [3.8, 4) is 0 Å². The maximum absolute atomic E-state index is 14.2. The van der Waals surface area contributed by atoms with E-state index in [4.69, 9.17) is 9.47 Å². The molecule has 3 atom stereocenters. The van der Waals surface area contributed by atoms with Gasteiger partial charge in [0.2, 0.25) is 5.91 Å². The third kappa shape index (κ3) is 10.9. The quantitative estimate of drug-likeness (QED) is 0.260. The number of likely N-dealkylation sites (tertiary alicyclic amines) is 1. The Balaban J connectivity index is 1.77. The molecule has 1 aliphatic rings. The summed E-state index contributed by atoms with van der Waals surface area (Å²) in [5.74, 6) is -1.22. The van der Waals surface area contributed by atoms with E-state index in [1.165, 1.54) is 16.7 Å². The van der Waals surface area contributed by atoms with Crippen molar-refractivity contribution in [3.05, 3.63) is 71.8 Å². The van der Waals surface area contributed by atoms with Crippen LogP contribution in [0.3, 0.4) is 0 Å². The van der Waals surface area contributed by atoms with Crippen LogP contribution >= 0.6 is 0 Å². The minimum atomic E-state index is -0.949. The molecule has 1 saturated heterocycles. The molecule has 44 heavy (non-hydrogen) atoms. The summed E-state index contributed by atoms with van der Waals surface area (Å²) in [6.07, 6.45) is 0.690. The Morgan fingerprint density at radius 2 is 1.52 bits per heavy atom. The summed E-state index contributed by atoms with van der Waals surface area (Å²) in [6.45, 7) is 9.01. The number of ether oxygens (including phenoxy) is 2. The van der Waals surface area contributed by atoms with E-state index >= 15 is 0 Å². The first-order valence-corrected chi connectivity index (χ1v) is 15.4. The highest BCUT2D eigenvalue weighted by Gasteiger charge is 2.43. The minimum absolute atomic E-state index is 0.00278. The van der Waals surface area contributed by atoms with Crippen molar-refractivity contribution >= 4 is 29.5 Å². The highest BCUT2D eigenvalue weighted by atomic mass is 16.6. The minimum Gasteiger partial charge on any atom is -0.460 e. The van der Waals surface area contributed by atoms with Crippen LogP contribution in [0.5, 0.6) is 0 Å². The van der Waals surface area contributed by atoms with Crippen LogP contribution in [0.15, 0.2) is 60.7 Å². The van der Waals surface area contributed by atoms with Crippen molar-refractivity contribution in [1.82, 2.24) is 9.80 Å². The molecule has 0 radical (unpaired) electrons. The smallest absolute Gasteiger partial charge is 0.410 e. The Bertz CT molecular complexity index is 1270. The fraction of sp³-hybridized carbons (Fsp3) is 0.514. The molecule has 0 saturated carbocycles. The molecule has 0 unspecified atom stereocenters. The van der Waals surface area contributed by atoms with Crippen LogP contribution in [0.4, 0.5) is 4.79 Å². The summed E-state index contributed by atoms with van der Waals surface area (Å²) >= 11 is 0. The summed E-state index contributed by atoms with van der Waals surface area (Å²) in [7, 11) is 0. The molecule has 2 amide bonds. The van der Waals surface area contributed by atoms with Gasteiger partial charge < -0.3 is 14.4 Å². The number of nitrogens with zero attached hydrogens (tertiary/aromatic N) is 2. The van der Waals surface area contributed by atoms with Gasteiger partial charge in [0.15, 0.2) is 5.78 Å². The number of Topliss-reactive ketones (excluding diaryl/α,β-unsaturated/α-hetero) is 2. The molecule has 0 spiro atoms. The number of ketones is 2. The third-order valence-electron chi connectivity index (χ3n) is 7.57. The number of esters is 1. The second-order valence-electron chi connectivity index (χ2n) is 12.6. The molecule has 0 aliphatic carbocycles. The maximum atomic E-state index is 14.2. The van der Waals surface area contributed by atoms with Gasteiger partial charge in [-0.25, -0.2) is 4.79 Å². The summed E-state index contributed by atoms with van der Waals surface area (Å²) < 4.78 is 11.0. The summed E-state index contributed by atoms with van der Waals surface area (Å²) in [4.78, 5) is 68.6. The van der Waals surface area contributed by atoms with Crippen molar-refractivity contribution in [2.45, 2.75) is 97.4 Å². The Hall–Kier alpha value is -4.01. The van der Waals surface area contributed by atoms with Crippen LogP contribution in [-0.2, 0) is 41.7 Å². The zero-order valence-electron chi connectivity index (χ0n) is 26.6. The molecule has 9 nitrogen and oxygen atoms in total. The summed E-state index contributed by atoms with van der Waals surface area (Å²) in [5.41, 5.74) is 1.17. The van der Waals surface area contributed by atoms with Gasteiger partial charge in [-0.05, 0) is 64.0 Å². The Kier molecular flexibility index (Phi) is 12.7. The lowest BCUT2D eigenvalue weighted by Gasteiger charge is -2.34. The molecule has 0 bridgehead atoms. The Labute approximate surface area is 260 Å². The predicted molar refractivity (Wildman–Crippen MR) is 167 cm³/mol. The highest BCUT2D eigenvalue weighted by molar-refractivity contribution is 5.92. The average Bonchev–Trinajstić information content (AvgIpc) is 3.37. The second-order valence-corrected chi connectivity index (χ2v) is 12.6. The SMILES string of the molecule is CC(=O)[C@@H](CCC(=O)OC(C)(C)C)N(CCC(=O)CCc1ccccc1)C(=O)[C@@H]1C[C@@H](C)CN1C(=O)OCc1ccccc1. The molecule has 2 aromatic carbocycles. The van der Waals surface area contributed by atoms with Gasteiger partial charge in [0.1, 0.15) is 24.0 Å². The molecule has 2 aromatic rings. The molecule has 9 heteroatoms. The molecule has 1 fully saturated rings. The monoisotopic (exact) mass is 606 g/mol. The lowest BCUT2D eigenvalue weighted by Crippen LogP contribution is -2.53. The molecule has 3 rings (SSSR count). The van der Waals surface area contributed by atoms with Crippen LogP contribution < -0.4 is 0 Å². The van der Waals surface area contributed by atoms with Crippen molar-refractivity contribution in [2.24, 2.45) is 5.92 Å². The van der Waals surface area contributed by atoms with Crippen LogP contribution in [0.1, 0.15) is 77.8 Å². The van der Waals surface area contributed by atoms with E-state index in [0.29, 0.717) is 25.8 Å². The van der Waals surface area contributed by atoms with Gasteiger partial charge in [-0.1, -0.05) is 67.6 Å². The van der Waals surface area contributed by atoms with Crippen LogP contribution in [0.25, 0.3) is 0 Å². The lowest BCUT2D eigenvalue weighted by atomic mass is 10.0. The number of rotatable bonds is 14. The van der Waals surface area contributed by atoms with Crippen molar-refractivity contribution < 1.29 is 33.4 Å². The number of aryl methyl sites for hydroxylation is 1. The Morgan fingerprint density at radius 1 is 0.909 bits per heavy atom. The largest absolute Gasteiger partial charge is 0.460 e. The molecular weight excluding hydrogens is 560 g/mol. The first-order chi connectivity index (χ1) is 20.8. The molecule has 1 heterocycles. The van der Waals surface area contributed by atoms with E-state index in [-0.39, 0.29) is 49.9 Å². The fourth-order valence-corrected chi connectivity index (χ4v) is 5.42. The van der Waals surface area contributed by atoms with Crippen molar-refractivity contribution in [1.29, 1.82) is 0 Å². The van der Waals surface area contributed by atoms with E-state index in [9.17, 15) is 24.0 Å². The number of hydrogen-bond donors (Lipinski definition) is 0. The predicted octanol–water partition coefficient (Wildman–Crippen LogP) is 5.53. The van der Waals surface area contributed by atoms with Gasteiger partial charge in [0.05, 0.1) is 6.04 Å². The highest BCUT2D eigenvalue weighted by Crippen LogP contribution is 2.27. The number of carbonyl (C=O) groups is 5. The number of amides is 2. The zero-order valence-corrected chi connectivity index (χ0v) is 26.6. The van der Waals surface area contributed by atoms with Gasteiger partial charge in [0.25, 0.3) is 0 Å². The van der Waals surface area contributed by atoms with Crippen LogP contribution in [0.2, 0.25) is 0 Å². The van der Waals surface area contributed by atoms with E-state index in [2.05, 4.69) is 0 Å². The molecule has 238 valence electrons. The van der Waals surface area contributed by atoms with Crippen molar-refractivity contribution in [3.63, 3.8) is 0 Å². The van der Waals surface area contributed by atoms with Gasteiger partial charge in [-0.2, -0.15) is 0 Å². The van der Waals surface area contributed by atoms with E-state index < -0.39 is 35.7 Å². The second kappa shape index (κ2) is 16.2. The summed E-state index contributed by atoms with van der Waals surface area (Å²) in [5, 5.41) is 0. The third-order valence-corrected chi connectivity index (χ3v) is 7.57. The van der Waals surface area contributed by atoms with Crippen molar-refractivity contribution in [2.75, 3.05) is 13.1 Å². The fourth-order valence-electron chi connectivity index (χ4n) is 5.42. The average molecular weight is 607 g/mol. The first kappa shape index (κ1) is 34.5. The summed E-state index contributed by atoms with van der Waals surface area (Å²) in [6, 6.07) is 17.1.